The molecule has 3 nitrogen and oxygen atoms in total. The maximum absolute atomic E-state index is 6.06. The third kappa shape index (κ3) is 3.62. The summed E-state index contributed by atoms with van der Waals surface area (Å²) in [6.07, 6.45) is 0.704. The topological polar surface area (TPSA) is 44.5 Å². The van der Waals surface area contributed by atoms with Gasteiger partial charge in [0.25, 0.3) is 0 Å². The summed E-state index contributed by atoms with van der Waals surface area (Å²) in [6.45, 7) is 1.05. The lowest BCUT2D eigenvalue weighted by Crippen LogP contribution is -2.06. The number of nitrogens with two attached hydrogens (primary N) is 1. The summed E-state index contributed by atoms with van der Waals surface area (Å²) < 4.78 is 11.2. The summed E-state index contributed by atoms with van der Waals surface area (Å²) in [5, 5.41) is 4.71. The van der Waals surface area contributed by atoms with Crippen LogP contribution in [0.2, 0.25) is 5.02 Å². The normalized spacial score (nSPS) is 10.5. The van der Waals surface area contributed by atoms with Gasteiger partial charge in [-0.1, -0.05) is 11.6 Å². The summed E-state index contributed by atoms with van der Waals surface area (Å²) in [5.74, 6) is 1.37. The lowest BCUT2D eigenvalue weighted by molar-refractivity contribution is 0.282. The molecular weight excluding hydrogens is 282 g/mol. The van der Waals surface area contributed by atoms with E-state index in [1.807, 2.05) is 17.5 Å². The number of hydrogen-bond donors (Lipinski definition) is 1. The highest BCUT2D eigenvalue weighted by atomic mass is 35.5. The molecule has 0 fully saturated rings. The van der Waals surface area contributed by atoms with Crippen molar-refractivity contribution in [2.45, 2.75) is 13.0 Å². The number of ether oxygens (including phenoxy) is 2. The first-order chi connectivity index (χ1) is 9.24. The fourth-order valence-electron chi connectivity index (χ4n) is 1.81. The molecule has 0 saturated heterocycles. The Hall–Kier alpha value is -1.23. The Morgan fingerprint density at radius 3 is 2.84 bits per heavy atom. The van der Waals surface area contributed by atoms with Gasteiger partial charge in [-0.05, 0) is 41.4 Å². The highest BCUT2D eigenvalue weighted by Gasteiger charge is 2.12. The second-order valence-corrected chi connectivity index (χ2v) is 5.27. The molecule has 0 amide bonds. The molecule has 1 heterocycles. The molecular formula is C14H16ClNO2S. The van der Waals surface area contributed by atoms with Crippen molar-refractivity contribution in [3.05, 3.63) is 45.1 Å². The Kier molecular flexibility index (Phi) is 5.07. The van der Waals surface area contributed by atoms with Crippen molar-refractivity contribution in [3.8, 4) is 11.5 Å². The maximum atomic E-state index is 6.06. The molecule has 0 atom stereocenters. The van der Waals surface area contributed by atoms with Crippen LogP contribution in [0.1, 0.15) is 11.1 Å². The first-order valence-corrected chi connectivity index (χ1v) is 7.27. The highest BCUT2D eigenvalue weighted by molar-refractivity contribution is 7.07. The zero-order valence-corrected chi connectivity index (χ0v) is 12.3. The van der Waals surface area contributed by atoms with Crippen molar-refractivity contribution in [2.24, 2.45) is 5.73 Å². The number of benzene rings is 1. The number of hydrogen-bond acceptors (Lipinski definition) is 4. The Labute approximate surface area is 121 Å². The predicted molar refractivity (Wildman–Crippen MR) is 79.4 cm³/mol. The van der Waals surface area contributed by atoms with Crippen molar-refractivity contribution >= 4 is 22.9 Å². The van der Waals surface area contributed by atoms with Crippen molar-refractivity contribution in [1.82, 2.24) is 0 Å². The van der Waals surface area contributed by atoms with Crippen LogP contribution in [0.4, 0.5) is 0 Å². The van der Waals surface area contributed by atoms with Crippen LogP contribution in [-0.4, -0.2) is 13.7 Å². The van der Waals surface area contributed by atoms with E-state index < -0.39 is 0 Å². The van der Waals surface area contributed by atoms with Crippen molar-refractivity contribution in [1.29, 1.82) is 0 Å². The van der Waals surface area contributed by atoms with E-state index in [0.29, 0.717) is 30.3 Å². The summed E-state index contributed by atoms with van der Waals surface area (Å²) in [4.78, 5) is 0. The van der Waals surface area contributed by atoms with Crippen LogP contribution >= 0.6 is 22.9 Å². The first-order valence-electron chi connectivity index (χ1n) is 5.95. The summed E-state index contributed by atoms with van der Waals surface area (Å²) in [5.41, 5.74) is 7.74. The molecule has 2 aromatic rings. The van der Waals surface area contributed by atoms with Gasteiger partial charge in [0.05, 0.1) is 7.11 Å². The minimum Gasteiger partial charge on any atom is -0.493 e. The molecule has 5 heteroatoms. The van der Waals surface area contributed by atoms with Gasteiger partial charge in [-0.15, -0.1) is 0 Å². The van der Waals surface area contributed by atoms with Crippen LogP contribution in [0.15, 0.2) is 29.0 Å². The first kappa shape index (κ1) is 14.2. The standard InChI is InChI=1S/C14H16ClNO2S/c1-17-13-7-12(15)6-11(2-4-16)14(13)18-8-10-3-5-19-9-10/h3,5-7,9H,2,4,8,16H2,1H3. The Morgan fingerprint density at radius 2 is 2.21 bits per heavy atom. The molecule has 19 heavy (non-hydrogen) atoms. The molecule has 0 radical (unpaired) electrons. The number of rotatable bonds is 6. The molecule has 0 aliphatic heterocycles. The summed E-state index contributed by atoms with van der Waals surface area (Å²) >= 11 is 7.71. The van der Waals surface area contributed by atoms with E-state index in [4.69, 9.17) is 26.8 Å². The van der Waals surface area contributed by atoms with E-state index in [-0.39, 0.29) is 0 Å². The summed E-state index contributed by atoms with van der Waals surface area (Å²) in [7, 11) is 1.61. The van der Waals surface area contributed by atoms with Crippen molar-refractivity contribution in [2.75, 3.05) is 13.7 Å². The van der Waals surface area contributed by atoms with Gasteiger partial charge in [0, 0.05) is 16.7 Å². The molecule has 0 aliphatic rings. The molecule has 0 bridgehead atoms. The van der Waals surface area contributed by atoms with E-state index in [1.54, 1.807) is 24.5 Å². The largest absolute Gasteiger partial charge is 0.493 e. The number of methoxy groups -OCH3 is 1. The molecule has 2 N–H and O–H groups in total. The minimum absolute atomic E-state index is 0.513. The van der Waals surface area contributed by atoms with Crippen LogP contribution in [0.5, 0.6) is 11.5 Å². The molecule has 1 aromatic heterocycles. The number of halogens is 1. The van der Waals surface area contributed by atoms with E-state index in [1.165, 1.54) is 0 Å². The molecule has 0 spiro atoms. The van der Waals surface area contributed by atoms with Gasteiger partial charge in [-0.3, -0.25) is 0 Å². The average molecular weight is 298 g/mol. The monoisotopic (exact) mass is 297 g/mol. The second kappa shape index (κ2) is 6.80. The fraction of sp³-hybridized carbons (Fsp3) is 0.286. The van der Waals surface area contributed by atoms with Gasteiger partial charge in [0.2, 0.25) is 0 Å². The van der Waals surface area contributed by atoms with E-state index in [2.05, 4.69) is 5.38 Å². The van der Waals surface area contributed by atoms with Crippen LogP contribution in [0, 0.1) is 0 Å². The number of thiophene rings is 1. The fourth-order valence-corrected chi connectivity index (χ4v) is 2.69. The highest BCUT2D eigenvalue weighted by Crippen LogP contribution is 2.35. The molecule has 0 aliphatic carbocycles. The van der Waals surface area contributed by atoms with Crippen LogP contribution < -0.4 is 15.2 Å². The Morgan fingerprint density at radius 1 is 1.37 bits per heavy atom. The van der Waals surface area contributed by atoms with Crippen LogP contribution in [0.3, 0.4) is 0 Å². The SMILES string of the molecule is COc1cc(Cl)cc(CCN)c1OCc1ccsc1. The van der Waals surface area contributed by atoms with Crippen LogP contribution in [-0.2, 0) is 13.0 Å². The molecule has 0 unspecified atom stereocenters. The molecule has 0 saturated carbocycles. The Bertz CT molecular complexity index is 528. The minimum atomic E-state index is 0.513. The molecule has 1 aromatic carbocycles. The third-order valence-electron chi connectivity index (χ3n) is 2.69. The second-order valence-electron chi connectivity index (χ2n) is 4.06. The van der Waals surface area contributed by atoms with E-state index in [0.717, 1.165) is 16.9 Å². The lowest BCUT2D eigenvalue weighted by Gasteiger charge is -2.15. The average Bonchev–Trinajstić information content (AvgIpc) is 2.90. The van der Waals surface area contributed by atoms with Crippen molar-refractivity contribution < 1.29 is 9.47 Å². The molecule has 102 valence electrons. The van der Waals surface area contributed by atoms with Crippen LogP contribution in [0.25, 0.3) is 0 Å². The Balaban J connectivity index is 2.24. The van der Waals surface area contributed by atoms with Crippen molar-refractivity contribution in [3.63, 3.8) is 0 Å². The van der Waals surface area contributed by atoms with Gasteiger partial charge in [-0.2, -0.15) is 11.3 Å². The quantitative estimate of drug-likeness (QED) is 0.887. The van der Waals surface area contributed by atoms with Gasteiger partial charge >= 0.3 is 0 Å². The zero-order chi connectivity index (χ0) is 13.7. The van der Waals surface area contributed by atoms with Gasteiger partial charge in [0.1, 0.15) is 6.61 Å². The van der Waals surface area contributed by atoms with Gasteiger partial charge < -0.3 is 15.2 Å². The van der Waals surface area contributed by atoms with E-state index >= 15 is 0 Å². The predicted octanol–water partition coefficient (Wildman–Crippen LogP) is 3.49. The maximum Gasteiger partial charge on any atom is 0.164 e. The summed E-state index contributed by atoms with van der Waals surface area (Å²) in [6, 6.07) is 5.67. The van der Waals surface area contributed by atoms with E-state index in [9.17, 15) is 0 Å². The lowest BCUT2D eigenvalue weighted by atomic mass is 10.1. The smallest absolute Gasteiger partial charge is 0.164 e. The van der Waals surface area contributed by atoms with Gasteiger partial charge in [0.15, 0.2) is 11.5 Å². The zero-order valence-electron chi connectivity index (χ0n) is 10.7. The third-order valence-corrected chi connectivity index (χ3v) is 3.64. The van der Waals surface area contributed by atoms with Gasteiger partial charge in [-0.25, -0.2) is 0 Å². The molecule has 2 rings (SSSR count).